The minimum atomic E-state index is 0.474. The van der Waals surface area contributed by atoms with Gasteiger partial charge in [0.2, 0.25) is 5.89 Å². The molecule has 2 N–H and O–H groups in total. The summed E-state index contributed by atoms with van der Waals surface area (Å²) in [6.45, 7) is 8.36. The summed E-state index contributed by atoms with van der Waals surface area (Å²) in [5, 5.41) is 14.8. The van der Waals surface area contributed by atoms with Crippen molar-refractivity contribution in [3.05, 3.63) is 5.89 Å². The zero-order valence-electron chi connectivity index (χ0n) is 12.3. The summed E-state index contributed by atoms with van der Waals surface area (Å²) in [5.41, 5.74) is 0. The van der Waals surface area contributed by atoms with Crippen molar-refractivity contribution in [3.8, 4) is 0 Å². The lowest BCUT2D eigenvalue weighted by molar-refractivity contribution is 0.386. The molecule has 0 amide bonds. The van der Waals surface area contributed by atoms with Gasteiger partial charge in [-0.15, -0.1) is 5.10 Å². The number of aromatic nitrogens is 2. The highest BCUT2D eigenvalue weighted by molar-refractivity contribution is 5.21. The lowest BCUT2D eigenvalue weighted by Gasteiger charge is -2.19. The molecule has 1 fully saturated rings. The lowest BCUT2D eigenvalue weighted by atomic mass is 9.94. The Morgan fingerprint density at radius 3 is 2.79 bits per heavy atom. The normalized spacial score (nSPS) is 26.8. The minimum Gasteiger partial charge on any atom is -0.407 e. The second kappa shape index (κ2) is 6.89. The second-order valence-corrected chi connectivity index (χ2v) is 5.53. The van der Waals surface area contributed by atoms with Gasteiger partial charge in [-0.3, -0.25) is 0 Å². The van der Waals surface area contributed by atoms with E-state index in [9.17, 15) is 0 Å². The lowest BCUT2D eigenvalue weighted by Crippen LogP contribution is -2.24. The molecule has 1 aromatic heterocycles. The van der Waals surface area contributed by atoms with Crippen LogP contribution in [0.2, 0.25) is 0 Å². The Labute approximate surface area is 115 Å². The highest BCUT2D eigenvalue weighted by atomic mass is 16.4. The first-order chi connectivity index (χ1) is 9.24. The highest BCUT2D eigenvalue weighted by Crippen LogP contribution is 2.35. The number of hydrogen-bond donors (Lipinski definition) is 2. The van der Waals surface area contributed by atoms with Crippen LogP contribution in [0.5, 0.6) is 0 Å². The van der Waals surface area contributed by atoms with Crippen LogP contribution in [0.25, 0.3) is 0 Å². The third-order valence-corrected chi connectivity index (χ3v) is 4.23. The monoisotopic (exact) mass is 266 g/mol. The Hall–Kier alpha value is -1.10. The molecular weight excluding hydrogens is 240 g/mol. The fourth-order valence-corrected chi connectivity index (χ4v) is 2.94. The summed E-state index contributed by atoms with van der Waals surface area (Å²) in [6, 6.07) is 1.05. The molecule has 1 aliphatic carbocycles. The molecule has 0 aliphatic heterocycles. The van der Waals surface area contributed by atoms with Crippen LogP contribution in [0.15, 0.2) is 4.42 Å². The first-order valence-corrected chi connectivity index (χ1v) is 7.54. The Bertz CT molecular complexity index is 379. The Morgan fingerprint density at radius 2 is 2.11 bits per heavy atom. The number of nitrogens with zero attached hydrogens (tertiary/aromatic N) is 2. The van der Waals surface area contributed by atoms with Crippen LogP contribution < -0.4 is 10.6 Å². The van der Waals surface area contributed by atoms with Gasteiger partial charge in [-0.2, -0.15) is 0 Å². The number of nitrogens with one attached hydrogen (secondary N) is 2. The van der Waals surface area contributed by atoms with E-state index >= 15 is 0 Å². The van der Waals surface area contributed by atoms with E-state index in [0.29, 0.717) is 30.4 Å². The molecule has 1 aliphatic rings. The SMILES string of the molecule is CCCNCc1nnc(NC2CCC(CC)C2C)o1. The van der Waals surface area contributed by atoms with Gasteiger partial charge < -0.3 is 15.1 Å². The minimum absolute atomic E-state index is 0.474. The van der Waals surface area contributed by atoms with Crippen LogP contribution in [0, 0.1) is 11.8 Å². The summed E-state index contributed by atoms with van der Waals surface area (Å²) in [5.74, 6) is 2.17. The van der Waals surface area contributed by atoms with E-state index in [-0.39, 0.29) is 0 Å². The maximum atomic E-state index is 5.61. The quantitative estimate of drug-likeness (QED) is 0.743. The average Bonchev–Trinajstić information content (AvgIpc) is 2.99. The van der Waals surface area contributed by atoms with E-state index in [1.54, 1.807) is 0 Å². The molecule has 2 rings (SSSR count). The van der Waals surface area contributed by atoms with Crippen molar-refractivity contribution in [2.75, 3.05) is 11.9 Å². The first-order valence-electron chi connectivity index (χ1n) is 7.54. The van der Waals surface area contributed by atoms with Gasteiger partial charge in [0.15, 0.2) is 0 Å². The molecule has 5 heteroatoms. The maximum Gasteiger partial charge on any atom is 0.315 e. The smallest absolute Gasteiger partial charge is 0.315 e. The van der Waals surface area contributed by atoms with E-state index < -0.39 is 0 Å². The van der Waals surface area contributed by atoms with Gasteiger partial charge in [-0.1, -0.05) is 32.3 Å². The molecule has 3 unspecified atom stereocenters. The van der Waals surface area contributed by atoms with Gasteiger partial charge in [0.1, 0.15) is 0 Å². The van der Waals surface area contributed by atoms with E-state index in [1.807, 2.05) is 0 Å². The van der Waals surface area contributed by atoms with Gasteiger partial charge in [0.25, 0.3) is 0 Å². The van der Waals surface area contributed by atoms with Crippen molar-refractivity contribution in [2.24, 2.45) is 11.8 Å². The summed E-state index contributed by atoms with van der Waals surface area (Å²) in [7, 11) is 0. The van der Waals surface area contributed by atoms with Gasteiger partial charge in [0, 0.05) is 6.04 Å². The molecule has 108 valence electrons. The summed E-state index contributed by atoms with van der Waals surface area (Å²) >= 11 is 0. The molecule has 1 saturated carbocycles. The largest absolute Gasteiger partial charge is 0.407 e. The molecule has 0 radical (unpaired) electrons. The Kier molecular flexibility index (Phi) is 5.19. The number of rotatable bonds is 7. The van der Waals surface area contributed by atoms with Crippen molar-refractivity contribution in [3.63, 3.8) is 0 Å². The van der Waals surface area contributed by atoms with E-state index in [2.05, 4.69) is 41.6 Å². The van der Waals surface area contributed by atoms with Crippen molar-refractivity contribution < 1.29 is 4.42 Å². The standard InChI is InChI=1S/C14H26N4O/c1-4-8-15-9-13-17-18-14(19-13)16-12-7-6-11(5-2)10(12)3/h10-12,15H,4-9H2,1-3H3,(H,16,18). The summed E-state index contributed by atoms with van der Waals surface area (Å²) in [6.07, 6.45) is 4.87. The van der Waals surface area contributed by atoms with Crippen LogP contribution in [0.3, 0.4) is 0 Å². The molecule has 3 atom stereocenters. The van der Waals surface area contributed by atoms with Crippen LogP contribution >= 0.6 is 0 Å². The van der Waals surface area contributed by atoms with Crippen LogP contribution in [-0.2, 0) is 6.54 Å². The molecule has 0 saturated heterocycles. The zero-order chi connectivity index (χ0) is 13.7. The number of anilines is 1. The third kappa shape index (κ3) is 3.69. The molecule has 0 spiro atoms. The van der Waals surface area contributed by atoms with Gasteiger partial charge in [0.05, 0.1) is 6.54 Å². The van der Waals surface area contributed by atoms with Crippen molar-refractivity contribution in [1.82, 2.24) is 15.5 Å². The van der Waals surface area contributed by atoms with Gasteiger partial charge in [-0.05, 0) is 37.6 Å². The zero-order valence-corrected chi connectivity index (χ0v) is 12.3. The van der Waals surface area contributed by atoms with Crippen molar-refractivity contribution >= 4 is 6.01 Å². The third-order valence-electron chi connectivity index (χ3n) is 4.23. The maximum absolute atomic E-state index is 5.61. The van der Waals surface area contributed by atoms with Gasteiger partial charge >= 0.3 is 6.01 Å². The Morgan fingerprint density at radius 1 is 1.26 bits per heavy atom. The summed E-state index contributed by atoms with van der Waals surface area (Å²) < 4.78 is 5.61. The molecule has 1 heterocycles. The van der Waals surface area contributed by atoms with E-state index in [4.69, 9.17) is 4.42 Å². The molecule has 19 heavy (non-hydrogen) atoms. The van der Waals surface area contributed by atoms with Gasteiger partial charge in [-0.25, -0.2) is 0 Å². The molecule has 5 nitrogen and oxygen atoms in total. The van der Waals surface area contributed by atoms with Crippen molar-refractivity contribution in [1.29, 1.82) is 0 Å². The first kappa shape index (κ1) is 14.3. The average molecular weight is 266 g/mol. The molecule has 0 aromatic carbocycles. The highest BCUT2D eigenvalue weighted by Gasteiger charge is 2.32. The summed E-state index contributed by atoms with van der Waals surface area (Å²) in [4.78, 5) is 0. The van der Waals surface area contributed by atoms with Crippen LogP contribution in [-0.4, -0.2) is 22.8 Å². The van der Waals surface area contributed by atoms with E-state index in [0.717, 1.165) is 18.9 Å². The van der Waals surface area contributed by atoms with Crippen LogP contribution in [0.1, 0.15) is 52.3 Å². The Balaban J connectivity index is 1.83. The number of hydrogen-bond acceptors (Lipinski definition) is 5. The van der Waals surface area contributed by atoms with Crippen LogP contribution in [0.4, 0.5) is 6.01 Å². The topological polar surface area (TPSA) is 63.0 Å². The molecular formula is C14H26N4O. The second-order valence-electron chi connectivity index (χ2n) is 5.53. The fraction of sp³-hybridized carbons (Fsp3) is 0.857. The predicted molar refractivity (Wildman–Crippen MR) is 75.9 cm³/mol. The predicted octanol–water partition coefficient (Wildman–Crippen LogP) is 2.81. The van der Waals surface area contributed by atoms with Crippen molar-refractivity contribution in [2.45, 2.75) is 59.0 Å². The van der Waals surface area contributed by atoms with E-state index in [1.165, 1.54) is 19.3 Å². The fourth-order valence-electron chi connectivity index (χ4n) is 2.94. The molecule has 0 bridgehead atoms. The molecule has 1 aromatic rings.